The highest BCUT2D eigenvalue weighted by atomic mass is 16.5. The fraction of sp³-hybridized carbons (Fsp3) is 0.789. The van der Waals surface area contributed by atoms with Crippen LogP contribution in [-0.2, 0) is 19.2 Å². The molecule has 0 aromatic rings. The van der Waals surface area contributed by atoms with Crippen LogP contribution in [0.3, 0.4) is 0 Å². The number of amides is 3. The van der Waals surface area contributed by atoms with Crippen molar-refractivity contribution in [1.82, 2.24) is 16.1 Å². The molecule has 0 heterocycles. The van der Waals surface area contributed by atoms with Gasteiger partial charge in [0.05, 0.1) is 6.04 Å². The summed E-state index contributed by atoms with van der Waals surface area (Å²) < 4.78 is 0. The standard InChI is InChI=1S/C19H36N4O5/c1-14(2)18(23-17(26)11-5-3-4-8-12-21-28)19(27)22-15(13-24)9-6-7-10-16(20)25/h13-15,18,21,28H,3-12H2,1-2H3,(H2,20,25)(H,22,27)(H,23,26)/t15?,18-/m0/s1. The summed E-state index contributed by atoms with van der Waals surface area (Å²) in [5.74, 6) is -1.09. The van der Waals surface area contributed by atoms with Gasteiger partial charge in [-0.2, -0.15) is 0 Å². The van der Waals surface area contributed by atoms with Crippen LogP contribution in [0.15, 0.2) is 0 Å². The Morgan fingerprint density at radius 2 is 1.61 bits per heavy atom. The van der Waals surface area contributed by atoms with Gasteiger partial charge in [0.15, 0.2) is 0 Å². The number of nitrogens with two attached hydrogens (primary N) is 1. The van der Waals surface area contributed by atoms with Crippen molar-refractivity contribution < 1.29 is 24.4 Å². The fourth-order valence-electron chi connectivity index (χ4n) is 2.73. The van der Waals surface area contributed by atoms with Crippen molar-refractivity contribution >= 4 is 24.0 Å². The number of nitrogens with one attached hydrogen (secondary N) is 3. The molecule has 0 aromatic heterocycles. The average Bonchev–Trinajstić information content (AvgIpc) is 2.64. The van der Waals surface area contributed by atoms with Gasteiger partial charge in [0.25, 0.3) is 0 Å². The molecule has 6 N–H and O–H groups in total. The van der Waals surface area contributed by atoms with Crippen molar-refractivity contribution in [2.24, 2.45) is 11.7 Å². The summed E-state index contributed by atoms with van der Waals surface area (Å²) in [5, 5.41) is 13.9. The maximum absolute atomic E-state index is 12.5. The molecule has 162 valence electrons. The Labute approximate surface area is 167 Å². The van der Waals surface area contributed by atoms with E-state index in [4.69, 9.17) is 10.9 Å². The first-order valence-corrected chi connectivity index (χ1v) is 10.0. The Kier molecular flexibility index (Phi) is 14.9. The summed E-state index contributed by atoms with van der Waals surface area (Å²) in [5.41, 5.74) is 7.17. The third kappa shape index (κ3) is 13.2. The Bertz CT molecular complexity index is 485. The van der Waals surface area contributed by atoms with Crippen LogP contribution in [0.25, 0.3) is 0 Å². The van der Waals surface area contributed by atoms with Gasteiger partial charge in [-0.25, -0.2) is 5.48 Å². The average molecular weight is 401 g/mol. The van der Waals surface area contributed by atoms with Crippen LogP contribution in [0.2, 0.25) is 0 Å². The third-order valence-corrected chi connectivity index (χ3v) is 4.39. The van der Waals surface area contributed by atoms with Gasteiger partial charge < -0.3 is 26.4 Å². The number of aldehydes is 1. The SMILES string of the molecule is CC(C)[C@H](NC(=O)CCCCCCNO)C(=O)NC(C=O)CCCCC(N)=O. The summed E-state index contributed by atoms with van der Waals surface area (Å²) in [7, 11) is 0. The molecule has 0 aliphatic heterocycles. The second kappa shape index (κ2) is 16.0. The molecule has 0 fully saturated rings. The molecule has 0 bridgehead atoms. The molecule has 0 radical (unpaired) electrons. The molecule has 0 spiro atoms. The van der Waals surface area contributed by atoms with E-state index in [1.165, 1.54) is 0 Å². The van der Waals surface area contributed by atoms with Crippen LogP contribution < -0.4 is 21.8 Å². The Balaban J connectivity index is 4.35. The van der Waals surface area contributed by atoms with Crippen LogP contribution in [0.4, 0.5) is 0 Å². The molecule has 0 aromatic carbocycles. The number of primary amides is 1. The van der Waals surface area contributed by atoms with Gasteiger partial charge in [0, 0.05) is 19.4 Å². The summed E-state index contributed by atoms with van der Waals surface area (Å²) in [6.07, 6.45) is 6.14. The monoisotopic (exact) mass is 400 g/mol. The van der Waals surface area contributed by atoms with Gasteiger partial charge in [-0.1, -0.05) is 33.1 Å². The first-order valence-electron chi connectivity index (χ1n) is 10.0. The lowest BCUT2D eigenvalue weighted by atomic mass is 10.0. The smallest absolute Gasteiger partial charge is 0.243 e. The van der Waals surface area contributed by atoms with Gasteiger partial charge in [0.1, 0.15) is 12.3 Å². The summed E-state index contributed by atoms with van der Waals surface area (Å²) in [6, 6.07) is -1.36. The van der Waals surface area contributed by atoms with E-state index in [1.54, 1.807) is 0 Å². The molecule has 9 heteroatoms. The maximum Gasteiger partial charge on any atom is 0.243 e. The van der Waals surface area contributed by atoms with Gasteiger partial charge in [-0.05, 0) is 31.6 Å². The van der Waals surface area contributed by atoms with Crippen LogP contribution in [0.1, 0.15) is 71.6 Å². The van der Waals surface area contributed by atoms with Crippen molar-refractivity contribution in [3.8, 4) is 0 Å². The summed E-state index contributed by atoms with van der Waals surface area (Å²) in [4.78, 5) is 46.6. The first kappa shape index (κ1) is 26.0. The van der Waals surface area contributed by atoms with E-state index < -0.39 is 12.1 Å². The van der Waals surface area contributed by atoms with Crippen LogP contribution >= 0.6 is 0 Å². The second-order valence-electron chi connectivity index (χ2n) is 7.32. The molecule has 28 heavy (non-hydrogen) atoms. The summed E-state index contributed by atoms with van der Waals surface area (Å²) in [6.45, 7) is 4.19. The normalized spacial score (nSPS) is 13.0. The third-order valence-electron chi connectivity index (χ3n) is 4.39. The minimum Gasteiger partial charge on any atom is -0.370 e. The fourth-order valence-corrected chi connectivity index (χ4v) is 2.73. The second-order valence-corrected chi connectivity index (χ2v) is 7.32. The van der Waals surface area contributed by atoms with E-state index in [1.807, 2.05) is 13.8 Å². The number of rotatable bonds is 17. The van der Waals surface area contributed by atoms with Crippen LogP contribution in [0, 0.1) is 5.92 Å². The zero-order valence-electron chi connectivity index (χ0n) is 17.0. The number of carbonyl (C=O) groups excluding carboxylic acids is 4. The number of hydroxylamine groups is 1. The zero-order chi connectivity index (χ0) is 21.4. The number of hydrogen-bond acceptors (Lipinski definition) is 6. The van der Waals surface area contributed by atoms with E-state index in [2.05, 4.69) is 16.1 Å². The highest BCUT2D eigenvalue weighted by molar-refractivity contribution is 5.89. The topological polar surface area (TPSA) is 151 Å². The predicted octanol–water partition coefficient (Wildman–Crippen LogP) is 0.786. The number of carbonyl (C=O) groups is 4. The molecule has 3 amide bonds. The zero-order valence-corrected chi connectivity index (χ0v) is 17.0. The van der Waals surface area contributed by atoms with E-state index >= 15 is 0 Å². The van der Waals surface area contributed by atoms with Crippen molar-refractivity contribution in [2.75, 3.05) is 6.54 Å². The number of unbranched alkanes of at least 4 members (excludes halogenated alkanes) is 4. The Morgan fingerprint density at radius 1 is 0.964 bits per heavy atom. The molecule has 0 saturated carbocycles. The highest BCUT2D eigenvalue weighted by Crippen LogP contribution is 2.08. The molecule has 2 atom stereocenters. The molecule has 0 aliphatic carbocycles. The van der Waals surface area contributed by atoms with Crippen molar-refractivity contribution in [3.05, 3.63) is 0 Å². The van der Waals surface area contributed by atoms with E-state index in [-0.39, 0.29) is 30.1 Å². The van der Waals surface area contributed by atoms with Crippen molar-refractivity contribution in [1.29, 1.82) is 0 Å². The molecule has 0 aliphatic rings. The largest absolute Gasteiger partial charge is 0.370 e. The predicted molar refractivity (Wildman–Crippen MR) is 105 cm³/mol. The van der Waals surface area contributed by atoms with Gasteiger partial charge in [0.2, 0.25) is 17.7 Å². The molecule has 1 unspecified atom stereocenters. The van der Waals surface area contributed by atoms with Crippen molar-refractivity contribution in [2.45, 2.75) is 83.7 Å². The minimum absolute atomic E-state index is 0.123. The van der Waals surface area contributed by atoms with Crippen LogP contribution in [-0.4, -0.2) is 47.8 Å². The van der Waals surface area contributed by atoms with Gasteiger partial charge in [-0.15, -0.1) is 0 Å². The van der Waals surface area contributed by atoms with Gasteiger partial charge >= 0.3 is 0 Å². The maximum atomic E-state index is 12.5. The molecule has 0 saturated heterocycles. The first-order chi connectivity index (χ1) is 13.3. The lowest BCUT2D eigenvalue weighted by Crippen LogP contribution is -2.52. The van der Waals surface area contributed by atoms with E-state index in [9.17, 15) is 19.2 Å². The molecule has 0 rings (SSSR count). The minimum atomic E-state index is -0.709. The quantitative estimate of drug-likeness (QED) is 0.138. The molecule has 9 nitrogen and oxygen atoms in total. The van der Waals surface area contributed by atoms with E-state index in [0.29, 0.717) is 44.9 Å². The molecular weight excluding hydrogens is 364 g/mol. The Morgan fingerprint density at radius 3 is 2.18 bits per heavy atom. The van der Waals surface area contributed by atoms with Gasteiger partial charge in [-0.3, -0.25) is 14.4 Å². The van der Waals surface area contributed by atoms with E-state index in [0.717, 1.165) is 19.3 Å². The number of hydrogen-bond donors (Lipinski definition) is 5. The highest BCUT2D eigenvalue weighted by Gasteiger charge is 2.25. The lowest BCUT2D eigenvalue weighted by molar-refractivity contribution is -0.131. The van der Waals surface area contributed by atoms with Crippen LogP contribution in [0.5, 0.6) is 0 Å². The van der Waals surface area contributed by atoms with Crippen molar-refractivity contribution in [3.63, 3.8) is 0 Å². The summed E-state index contributed by atoms with van der Waals surface area (Å²) >= 11 is 0. The lowest BCUT2D eigenvalue weighted by Gasteiger charge is -2.23. The molecular formula is C19H36N4O5. The Hall–Kier alpha value is -2.00.